The predicted octanol–water partition coefficient (Wildman–Crippen LogP) is 2.43. The number of hydrogen-bond acceptors (Lipinski definition) is 5. The summed E-state index contributed by atoms with van der Waals surface area (Å²) in [7, 11) is -3.41. The van der Waals surface area contributed by atoms with E-state index in [1.54, 1.807) is 24.3 Å². The van der Waals surface area contributed by atoms with Crippen molar-refractivity contribution in [3.8, 4) is 5.75 Å². The molecule has 25 heavy (non-hydrogen) atoms. The van der Waals surface area contributed by atoms with Crippen LogP contribution in [-0.4, -0.2) is 47.5 Å². The Kier molecular flexibility index (Phi) is 6.43. The fourth-order valence-corrected chi connectivity index (χ4v) is 5.26. The Morgan fingerprint density at radius 1 is 1.32 bits per heavy atom. The number of phenols is 1. The molecule has 1 heterocycles. The van der Waals surface area contributed by atoms with Crippen molar-refractivity contribution in [2.45, 2.75) is 44.5 Å². The second-order valence-electron chi connectivity index (χ2n) is 6.53. The number of benzene rings is 1. The summed E-state index contributed by atoms with van der Waals surface area (Å²) in [6.45, 7) is 3.33. The van der Waals surface area contributed by atoms with Gasteiger partial charge in [-0.2, -0.15) is 0 Å². The van der Waals surface area contributed by atoms with Crippen LogP contribution in [0.2, 0.25) is 0 Å². The summed E-state index contributed by atoms with van der Waals surface area (Å²) in [5.74, 6) is 0.144. The van der Waals surface area contributed by atoms with Gasteiger partial charge in [0.2, 0.25) is 0 Å². The lowest BCUT2D eigenvalue weighted by atomic mass is 9.94. The van der Waals surface area contributed by atoms with E-state index >= 15 is 0 Å². The summed E-state index contributed by atoms with van der Waals surface area (Å²) in [4.78, 5) is 0. The molecule has 1 aromatic rings. The second-order valence-corrected chi connectivity index (χ2v) is 8.71. The highest BCUT2D eigenvalue weighted by Gasteiger charge is 2.40. The molecular weight excluding hydrogens is 340 g/mol. The van der Waals surface area contributed by atoms with E-state index in [0.29, 0.717) is 24.8 Å². The van der Waals surface area contributed by atoms with Crippen LogP contribution in [0.5, 0.6) is 5.75 Å². The summed E-state index contributed by atoms with van der Waals surface area (Å²) in [6.07, 6.45) is 2.68. The molecular formula is C19H26O5S. The molecule has 2 atom stereocenters. The van der Waals surface area contributed by atoms with E-state index in [1.807, 2.05) is 19.9 Å². The van der Waals surface area contributed by atoms with Crippen molar-refractivity contribution in [1.29, 1.82) is 0 Å². The van der Waals surface area contributed by atoms with Crippen molar-refractivity contribution >= 4 is 15.9 Å². The lowest BCUT2D eigenvalue weighted by Gasteiger charge is -2.19. The summed E-state index contributed by atoms with van der Waals surface area (Å²) in [5.41, 5.74) is 3.22. The van der Waals surface area contributed by atoms with Crippen molar-refractivity contribution in [3.63, 3.8) is 0 Å². The first kappa shape index (κ1) is 19.7. The highest BCUT2D eigenvalue weighted by atomic mass is 32.2. The molecule has 1 aliphatic rings. The largest absolute Gasteiger partial charge is 0.508 e. The van der Waals surface area contributed by atoms with Gasteiger partial charge in [0.25, 0.3) is 0 Å². The maximum atomic E-state index is 12.1. The maximum Gasteiger partial charge on any atom is 0.163 e. The molecule has 0 saturated heterocycles. The van der Waals surface area contributed by atoms with Crippen molar-refractivity contribution in [2.75, 3.05) is 12.4 Å². The fraction of sp³-hybridized carbons (Fsp3) is 0.474. The zero-order valence-corrected chi connectivity index (χ0v) is 15.5. The number of hydrogen-bond donors (Lipinski definition) is 3. The average Bonchev–Trinajstić information content (AvgIpc) is 2.84. The van der Waals surface area contributed by atoms with Crippen LogP contribution >= 0.6 is 0 Å². The van der Waals surface area contributed by atoms with Crippen molar-refractivity contribution < 1.29 is 23.7 Å². The molecule has 3 N–H and O–H groups in total. The van der Waals surface area contributed by atoms with Gasteiger partial charge in [-0.25, -0.2) is 8.42 Å². The van der Waals surface area contributed by atoms with Crippen molar-refractivity contribution in [2.24, 2.45) is 0 Å². The second kappa shape index (κ2) is 8.17. The van der Waals surface area contributed by atoms with E-state index in [1.165, 1.54) is 0 Å². The summed E-state index contributed by atoms with van der Waals surface area (Å²) in [6, 6.07) is 6.83. The van der Waals surface area contributed by atoms with Crippen molar-refractivity contribution in [1.82, 2.24) is 0 Å². The van der Waals surface area contributed by atoms with Gasteiger partial charge >= 0.3 is 0 Å². The molecule has 0 radical (unpaired) electrons. The quantitative estimate of drug-likeness (QED) is 0.644. The first-order valence-corrected chi connectivity index (χ1v) is 10.2. The van der Waals surface area contributed by atoms with Crippen LogP contribution in [-0.2, 0) is 9.84 Å². The monoisotopic (exact) mass is 366 g/mol. The van der Waals surface area contributed by atoms with Gasteiger partial charge in [0.05, 0.1) is 18.5 Å². The Morgan fingerprint density at radius 2 is 1.96 bits per heavy atom. The summed E-state index contributed by atoms with van der Waals surface area (Å²) in [5, 5.41) is 28.3. The lowest BCUT2D eigenvalue weighted by molar-refractivity contribution is 0.188. The zero-order chi connectivity index (χ0) is 18.6. The molecule has 0 spiro atoms. The lowest BCUT2D eigenvalue weighted by Crippen LogP contribution is -2.29. The molecule has 1 aliphatic heterocycles. The van der Waals surface area contributed by atoms with Gasteiger partial charge in [0, 0.05) is 0 Å². The van der Waals surface area contributed by atoms with Crippen LogP contribution in [0.25, 0.3) is 6.08 Å². The molecule has 0 fully saturated rings. The Hall–Kier alpha value is -1.63. The Morgan fingerprint density at radius 3 is 2.52 bits per heavy atom. The van der Waals surface area contributed by atoms with Crippen LogP contribution in [0.4, 0.5) is 0 Å². The van der Waals surface area contributed by atoms with Gasteiger partial charge in [-0.1, -0.05) is 36.3 Å². The molecule has 0 aliphatic carbocycles. The number of rotatable bonds is 7. The number of aromatic hydroxyl groups is 1. The van der Waals surface area contributed by atoms with E-state index in [2.05, 4.69) is 0 Å². The number of phenolic OH excluding ortho intramolecular Hbond substituents is 1. The third-order valence-electron chi connectivity index (χ3n) is 4.63. The van der Waals surface area contributed by atoms with Crippen LogP contribution < -0.4 is 0 Å². The fourth-order valence-electron chi connectivity index (χ4n) is 3.26. The SMILES string of the molecule is CCC1=C([C@H](O)CC/C(C)=C/c2ccc(O)cc2)[C@H](CO)S(=O)(=O)C1. The molecule has 0 amide bonds. The smallest absolute Gasteiger partial charge is 0.163 e. The Bertz CT molecular complexity index is 760. The number of sulfone groups is 1. The minimum Gasteiger partial charge on any atom is -0.508 e. The van der Waals surface area contributed by atoms with E-state index in [4.69, 9.17) is 0 Å². The maximum absolute atomic E-state index is 12.1. The molecule has 1 aromatic carbocycles. The first-order valence-electron chi connectivity index (χ1n) is 8.47. The Balaban J connectivity index is 2.08. The number of aliphatic hydroxyl groups is 2. The molecule has 0 saturated carbocycles. The van der Waals surface area contributed by atoms with Gasteiger partial charge in [0.1, 0.15) is 11.0 Å². The van der Waals surface area contributed by atoms with Gasteiger partial charge in [-0.15, -0.1) is 0 Å². The molecule has 6 heteroatoms. The van der Waals surface area contributed by atoms with Crippen molar-refractivity contribution in [3.05, 3.63) is 46.5 Å². The molecule has 0 unspecified atom stereocenters. The highest BCUT2D eigenvalue weighted by molar-refractivity contribution is 7.92. The summed E-state index contributed by atoms with van der Waals surface area (Å²) < 4.78 is 24.3. The van der Waals surface area contributed by atoms with Crippen LogP contribution in [0.3, 0.4) is 0 Å². The van der Waals surface area contributed by atoms with Crippen LogP contribution in [0.15, 0.2) is 41.0 Å². The van der Waals surface area contributed by atoms with Gasteiger partial charge < -0.3 is 15.3 Å². The van der Waals surface area contributed by atoms with E-state index < -0.39 is 27.8 Å². The molecule has 0 aromatic heterocycles. The topological polar surface area (TPSA) is 94.8 Å². The van der Waals surface area contributed by atoms with Gasteiger partial charge in [0.15, 0.2) is 9.84 Å². The van der Waals surface area contributed by atoms with Gasteiger partial charge in [-0.3, -0.25) is 0 Å². The molecule has 2 rings (SSSR count). The van der Waals surface area contributed by atoms with E-state index in [0.717, 1.165) is 16.7 Å². The van der Waals surface area contributed by atoms with Crippen LogP contribution in [0.1, 0.15) is 38.7 Å². The van der Waals surface area contributed by atoms with E-state index in [-0.39, 0.29) is 11.5 Å². The van der Waals surface area contributed by atoms with Crippen LogP contribution in [0, 0.1) is 0 Å². The minimum absolute atomic E-state index is 0.0660. The molecule has 138 valence electrons. The summed E-state index contributed by atoms with van der Waals surface area (Å²) >= 11 is 0. The minimum atomic E-state index is -3.41. The first-order chi connectivity index (χ1) is 11.8. The van der Waals surface area contributed by atoms with Gasteiger partial charge in [-0.05, 0) is 49.5 Å². The normalized spacial score (nSPS) is 21.6. The molecule has 5 nitrogen and oxygen atoms in total. The molecule has 0 bridgehead atoms. The zero-order valence-electron chi connectivity index (χ0n) is 14.6. The number of allylic oxidation sites excluding steroid dienone is 1. The Labute approximate surface area is 149 Å². The third kappa shape index (κ3) is 4.71. The van der Waals surface area contributed by atoms with E-state index in [9.17, 15) is 23.7 Å². The predicted molar refractivity (Wildman–Crippen MR) is 99.0 cm³/mol. The average molecular weight is 366 g/mol. The number of aliphatic hydroxyl groups excluding tert-OH is 2. The third-order valence-corrected chi connectivity index (χ3v) is 6.65. The highest BCUT2D eigenvalue weighted by Crippen LogP contribution is 2.33. The standard InChI is InChI=1S/C19H26O5S/c1-3-15-12-25(23,24)18(11-20)19(15)17(22)9-4-13(2)10-14-5-7-16(21)8-6-14/h5-8,10,17-18,20-22H,3-4,9,11-12H2,1-2H3/b13-10+/t17-,18+/m1/s1.